The van der Waals surface area contributed by atoms with Crippen molar-refractivity contribution in [3.63, 3.8) is 0 Å². The molecule has 0 unspecified atom stereocenters. The Morgan fingerprint density at radius 3 is 2.41 bits per heavy atom. The lowest BCUT2D eigenvalue weighted by molar-refractivity contribution is -0.116. The Morgan fingerprint density at radius 2 is 1.72 bits per heavy atom. The molecule has 0 saturated heterocycles. The summed E-state index contributed by atoms with van der Waals surface area (Å²) in [5.74, 6) is -0.899. The van der Waals surface area contributed by atoms with E-state index >= 15 is 0 Å². The fourth-order valence-electron chi connectivity index (χ4n) is 3.10. The summed E-state index contributed by atoms with van der Waals surface area (Å²) in [7, 11) is -2.50. The summed E-state index contributed by atoms with van der Waals surface area (Å²) in [6.45, 7) is 3.68. The van der Waals surface area contributed by atoms with E-state index in [1.165, 1.54) is 18.0 Å². The number of nitrogens with zero attached hydrogens (tertiary/aromatic N) is 1. The molecular formula is C23H25N3O4S2. The Bertz CT molecular complexity index is 1220. The zero-order chi connectivity index (χ0) is 23.3. The largest absolute Gasteiger partial charge is 0.332 e. The number of anilines is 2. The first-order valence-electron chi connectivity index (χ1n) is 10.0. The van der Waals surface area contributed by atoms with Gasteiger partial charge in [-0.05, 0) is 48.6 Å². The molecule has 168 valence electrons. The van der Waals surface area contributed by atoms with Crippen LogP contribution in [0.4, 0.5) is 11.4 Å². The number of nitrogens with one attached hydrogen (secondary N) is 2. The van der Waals surface area contributed by atoms with Crippen LogP contribution >= 0.6 is 11.3 Å². The normalized spacial score (nSPS) is 11.1. The SMILES string of the molecule is CCc1ccccc1NC(=O)CN(C)C(=O)c1sccc1S(=O)(=O)Nc1ccc(C)cc1. The van der Waals surface area contributed by atoms with Crippen molar-refractivity contribution in [1.82, 2.24) is 4.90 Å². The summed E-state index contributed by atoms with van der Waals surface area (Å²) in [5, 5.41) is 4.36. The third kappa shape index (κ3) is 5.54. The van der Waals surface area contributed by atoms with E-state index in [-0.39, 0.29) is 22.2 Å². The van der Waals surface area contributed by atoms with Crippen molar-refractivity contribution < 1.29 is 18.0 Å². The van der Waals surface area contributed by atoms with Gasteiger partial charge in [0.15, 0.2) is 0 Å². The number of hydrogen-bond acceptors (Lipinski definition) is 5. The molecule has 2 aromatic carbocycles. The standard InChI is InChI=1S/C23H25N3O4S2/c1-4-17-7-5-6-8-19(17)24-21(27)15-26(3)23(28)22-20(13-14-31-22)32(29,30)25-18-11-9-16(2)10-12-18/h5-14,25H,4,15H2,1-3H3,(H,24,27). The van der Waals surface area contributed by atoms with Crippen LogP contribution in [0.5, 0.6) is 0 Å². The number of likely N-dealkylation sites (N-methyl/N-ethyl adjacent to an activating group) is 1. The molecule has 0 radical (unpaired) electrons. The maximum atomic E-state index is 12.9. The molecule has 1 heterocycles. The summed E-state index contributed by atoms with van der Waals surface area (Å²) in [6, 6.07) is 15.7. The topological polar surface area (TPSA) is 95.6 Å². The highest BCUT2D eigenvalue weighted by atomic mass is 32.2. The van der Waals surface area contributed by atoms with Crippen molar-refractivity contribution >= 4 is 44.5 Å². The van der Waals surface area contributed by atoms with E-state index in [0.29, 0.717) is 11.4 Å². The predicted octanol–water partition coefficient (Wildman–Crippen LogP) is 4.13. The van der Waals surface area contributed by atoms with Crippen LogP contribution in [0, 0.1) is 6.92 Å². The molecule has 0 aliphatic rings. The Hall–Kier alpha value is -3.17. The summed E-state index contributed by atoms with van der Waals surface area (Å²) >= 11 is 1.02. The minimum absolute atomic E-state index is 0.0499. The lowest BCUT2D eigenvalue weighted by atomic mass is 10.1. The van der Waals surface area contributed by atoms with Gasteiger partial charge < -0.3 is 10.2 Å². The van der Waals surface area contributed by atoms with Gasteiger partial charge in [-0.1, -0.05) is 42.8 Å². The maximum absolute atomic E-state index is 12.9. The first-order chi connectivity index (χ1) is 15.2. The first-order valence-corrected chi connectivity index (χ1v) is 12.4. The van der Waals surface area contributed by atoms with Crippen LogP contribution in [0.25, 0.3) is 0 Å². The highest BCUT2D eigenvalue weighted by Crippen LogP contribution is 2.26. The Morgan fingerprint density at radius 1 is 1.03 bits per heavy atom. The minimum Gasteiger partial charge on any atom is -0.332 e. The number of aryl methyl sites for hydroxylation is 2. The van der Waals surface area contributed by atoms with Crippen molar-refractivity contribution in [3.05, 3.63) is 76.0 Å². The second kappa shape index (κ2) is 9.97. The molecule has 2 amide bonds. The zero-order valence-corrected chi connectivity index (χ0v) is 19.7. The van der Waals surface area contributed by atoms with Crippen molar-refractivity contribution in [2.45, 2.75) is 25.2 Å². The highest BCUT2D eigenvalue weighted by Gasteiger charge is 2.27. The number of hydrogen-bond donors (Lipinski definition) is 2. The molecule has 0 aliphatic carbocycles. The van der Waals surface area contributed by atoms with E-state index in [2.05, 4.69) is 10.0 Å². The third-order valence-corrected chi connectivity index (χ3v) is 7.27. The van der Waals surface area contributed by atoms with Crippen molar-refractivity contribution in [2.24, 2.45) is 0 Å². The molecule has 3 rings (SSSR count). The van der Waals surface area contributed by atoms with Gasteiger partial charge in [-0.25, -0.2) is 8.42 Å². The first kappa shape index (κ1) is 23.5. The van der Waals surface area contributed by atoms with Gasteiger partial charge in [0.2, 0.25) is 5.91 Å². The van der Waals surface area contributed by atoms with E-state index in [9.17, 15) is 18.0 Å². The van der Waals surface area contributed by atoms with Gasteiger partial charge in [-0.15, -0.1) is 11.3 Å². The van der Waals surface area contributed by atoms with Gasteiger partial charge in [-0.2, -0.15) is 0 Å². The van der Waals surface area contributed by atoms with Crippen LogP contribution in [0.3, 0.4) is 0 Å². The Kier molecular flexibility index (Phi) is 7.32. The maximum Gasteiger partial charge on any atom is 0.265 e. The summed E-state index contributed by atoms with van der Waals surface area (Å²) in [4.78, 5) is 26.6. The Balaban J connectivity index is 1.72. The van der Waals surface area contributed by atoms with Gasteiger partial charge in [0.05, 0.1) is 6.54 Å². The average molecular weight is 472 g/mol. The number of carbonyl (C=O) groups is 2. The van der Waals surface area contributed by atoms with E-state index in [4.69, 9.17) is 0 Å². The van der Waals surface area contributed by atoms with Crippen molar-refractivity contribution in [2.75, 3.05) is 23.6 Å². The van der Waals surface area contributed by atoms with Gasteiger partial charge in [-0.3, -0.25) is 14.3 Å². The second-order valence-corrected chi connectivity index (χ2v) is 9.87. The van der Waals surface area contributed by atoms with Crippen LogP contribution in [-0.4, -0.2) is 38.7 Å². The number of sulfonamides is 1. The van der Waals surface area contributed by atoms with Gasteiger partial charge in [0.1, 0.15) is 9.77 Å². The molecule has 3 aromatic rings. The molecule has 0 fully saturated rings. The molecule has 0 atom stereocenters. The number of benzene rings is 2. The van der Waals surface area contributed by atoms with Crippen LogP contribution in [0.2, 0.25) is 0 Å². The van der Waals surface area contributed by atoms with Crippen molar-refractivity contribution in [1.29, 1.82) is 0 Å². The Labute approximate surface area is 192 Å². The lowest BCUT2D eigenvalue weighted by Gasteiger charge is -2.18. The van der Waals surface area contributed by atoms with E-state index < -0.39 is 15.9 Å². The van der Waals surface area contributed by atoms with Gasteiger partial charge in [0, 0.05) is 18.4 Å². The molecule has 0 saturated carbocycles. The third-order valence-electron chi connectivity index (χ3n) is 4.82. The molecule has 1 aromatic heterocycles. The van der Waals surface area contributed by atoms with E-state index in [1.807, 2.05) is 32.0 Å². The average Bonchev–Trinajstić information content (AvgIpc) is 3.26. The molecule has 0 bridgehead atoms. The molecule has 2 N–H and O–H groups in total. The monoisotopic (exact) mass is 471 g/mol. The number of para-hydroxylation sites is 1. The van der Waals surface area contributed by atoms with Crippen molar-refractivity contribution in [3.8, 4) is 0 Å². The van der Waals surface area contributed by atoms with E-state index in [0.717, 1.165) is 28.9 Å². The summed E-state index contributed by atoms with van der Waals surface area (Å²) < 4.78 is 28.2. The predicted molar refractivity (Wildman–Crippen MR) is 128 cm³/mol. The van der Waals surface area contributed by atoms with Crippen LogP contribution < -0.4 is 10.0 Å². The van der Waals surface area contributed by atoms with Gasteiger partial charge >= 0.3 is 0 Å². The number of amides is 2. The fraction of sp³-hybridized carbons (Fsp3) is 0.217. The fourth-order valence-corrected chi connectivity index (χ4v) is 5.57. The van der Waals surface area contributed by atoms with Crippen LogP contribution in [0.1, 0.15) is 27.7 Å². The van der Waals surface area contributed by atoms with Gasteiger partial charge in [0.25, 0.3) is 15.9 Å². The smallest absolute Gasteiger partial charge is 0.265 e. The number of thiophene rings is 1. The molecule has 9 heteroatoms. The highest BCUT2D eigenvalue weighted by molar-refractivity contribution is 7.93. The quantitative estimate of drug-likeness (QED) is 0.516. The molecule has 32 heavy (non-hydrogen) atoms. The molecule has 0 spiro atoms. The molecule has 0 aliphatic heterocycles. The summed E-state index contributed by atoms with van der Waals surface area (Å²) in [5.41, 5.74) is 3.09. The minimum atomic E-state index is -3.97. The van der Waals surface area contributed by atoms with E-state index in [1.54, 1.807) is 35.7 Å². The van der Waals surface area contributed by atoms with Crippen LogP contribution in [0.15, 0.2) is 64.9 Å². The number of carbonyl (C=O) groups excluding carboxylic acids is 2. The summed E-state index contributed by atoms with van der Waals surface area (Å²) in [6.07, 6.45) is 0.760. The lowest BCUT2D eigenvalue weighted by Crippen LogP contribution is -2.35. The number of rotatable bonds is 8. The van der Waals surface area contributed by atoms with Crippen LogP contribution in [-0.2, 0) is 21.2 Å². The molecular weight excluding hydrogens is 446 g/mol. The second-order valence-electron chi connectivity index (χ2n) is 7.31. The molecule has 7 nitrogen and oxygen atoms in total. The zero-order valence-electron chi connectivity index (χ0n) is 18.1.